The van der Waals surface area contributed by atoms with Crippen molar-refractivity contribution < 1.29 is 4.79 Å². The van der Waals surface area contributed by atoms with E-state index in [0.29, 0.717) is 16.8 Å². The second-order valence-electron chi connectivity index (χ2n) is 8.29. The fourth-order valence-corrected chi connectivity index (χ4v) is 4.16. The number of hydrogen-bond donors (Lipinski definition) is 0. The molecule has 3 nitrogen and oxygen atoms in total. The van der Waals surface area contributed by atoms with Crippen molar-refractivity contribution in [3.63, 3.8) is 0 Å². The molecule has 158 valence electrons. The highest BCUT2D eigenvalue weighted by Gasteiger charge is 2.31. The predicted molar refractivity (Wildman–Crippen MR) is 128 cm³/mol. The Morgan fingerprint density at radius 1 is 0.933 bits per heavy atom. The van der Waals surface area contributed by atoms with Crippen molar-refractivity contribution in [2.75, 3.05) is 26.7 Å². The molecule has 0 spiro atoms. The SMILES string of the molecule is CC=CCc1cccc([N+](C)(CCN2CCCC2=O)c2cccc(CC=CC)c2)c1. The van der Waals surface area contributed by atoms with E-state index in [2.05, 4.69) is 93.7 Å². The summed E-state index contributed by atoms with van der Waals surface area (Å²) in [5.41, 5.74) is 5.17. The smallest absolute Gasteiger partial charge is 0.222 e. The van der Waals surface area contributed by atoms with Gasteiger partial charge in [-0.25, -0.2) is 0 Å². The molecule has 3 heteroatoms. The number of carbonyl (C=O) groups excluding carboxylic acids is 1. The lowest BCUT2D eigenvalue weighted by molar-refractivity contribution is -0.127. The van der Waals surface area contributed by atoms with E-state index < -0.39 is 0 Å². The summed E-state index contributed by atoms with van der Waals surface area (Å²) in [6.45, 7) is 6.67. The molecule has 30 heavy (non-hydrogen) atoms. The van der Waals surface area contributed by atoms with Crippen LogP contribution in [-0.4, -0.2) is 37.5 Å². The molecule has 1 heterocycles. The normalized spacial score (nSPS) is 16.6. The van der Waals surface area contributed by atoms with Crippen molar-refractivity contribution in [1.82, 2.24) is 9.38 Å². The monoisotopic (exact) mass is 403 g/mol. The quantitative estimate of drug-likeness (QED) is 0.382. The molecule has 1 fully saturated rings. The summed E-state index contributed by atoms with van der Waals surface area (Å²) in [5.74, 6) is 0.296. The summed E-state index contributed by atoms with van der Waals surface area (Å²) in [5, 5.41) is 0. The molecule has 2 aromatic rings. The van der Waals surface area contributed by atoms with Gasteiger partial charge in [0.25, 0.3) is 0 Å². The van der Waals surface area contributed by atoms with Gasteiger partial charge in [0.2, 0.25) is 5.91 Å². The molecule has 0 N–H and O–H groups in total. The van der Waals surface area contributed by atoms with Crippen LogP contribution in [-0.2, 0) is 17.6 Å². The van der Waals surface area contributed by atoms with Crippen LogP contribution in [0.15, 0.2) is 72.8 Å². The molecule has 0 saturated carbocycles. The Morgan fingerprint density at radius 2 is 1.50 bits per heavy atom. The van der Waals surface area contributed by atoms with Crippen LogP contribution in [0, 0.1) is 0 Å². The highest BCUT2D eigenvalue weighted by molar-refractivity contribution is 5.78. The number of benzene rings is 2. The summed E-state index contributed by atoms with van der Waals surface area (Å²) >= 11 is 0. The van der Waals surface area contributed by atoms with Crippen LogP contribution in [0.1, 0.15) is 37.8 Å². The molecular formula is C27H35N2O+. The number of nitrogens with zero attached hydrogens (tertiary/aromatic N) is 2. The van der Waals surface area contributed by atoms with Crippen LogP contribution in [0.2, 0.25) is 0 Å². The largest absolute Gasteiger partial charge is 0.337 e. The molecule has 1 aliphatic heterocycles. The van der Waals surface area contributed by atoms with Gasteiger partial charge in [-0.05, 0) is 56.4 Å². The Balaban J connectivity index is 1.97. The molecule has 2 aromatic carbocycles. The van der Waals surface area contributed by atoms with Crippen molar-refractivity contribution >= 4 is 17.3 Å². The Labute approximate surface area is 181 Å². The lowest BCUT2D eigenvalue weighted by Crippen LogP contribution is -2.46. The minimum absolute atomic E-state index is 0.296. The van der Waals surface area contributed by atoms with Crippen LogP contribution < -0.4 is 4.48 Å². The second-order valence-corrected chi connectivity index (χ2v) is 8.29. The van der Waals surface area contributed by atoms with Crippen LogP contribution in [0.4, 0.5) is 11.4 Å². The van der Waals surface area contributed by atoms with Crippen molar-refractivity contribution in [3.8, 4) is 0 Å². The van der Waals surface area contributed by atoms with Crippen LogP contribution in [0.25, 0.3) is 0 Å². The average Bonchev–Trinajstić information content (AvgIpc) is 3.19. The molecular weight excluding hydrogens is 368 g/mol. The highest BCUT2D eigenvalue weighted by Crippen LogP contribution is 2.34. The molecule has 0 aromatic heterocycles. The molecule has 0 unspecified atom stereocenters. The summed E-state index contributed by atoms with van der Waals surface area (Å²) in [7, 11) is 2.28. The predicted octanol–water partition coefficient (Wildman–Crippen LogP) is 5.82. The summed E-state index contributed by atoms with van der Waals surface area (Å²) in [6.07, 6.45) is 12.2. The highest BCUT2D eigenvalue weighted by atomic mass is 16.2. The molecule has 1 saturated heterocycles. The van der Waals surface area contributed by atoms with E-state index in [0.717, 1.165) is 38.9 Å². The molecule has 1 amide bonds. The number of likely N-dealkylation sites (tertiary alicyclic amines) is 1. The van der Waals surface area contributed by atoms with Gasteiger partial charge >= 0.3 is 0 Å². The Kier molecular flexibility index (Phi) is 7.64. The van der Waals surface area contributed by atoms with Gasteiger partial charge in [-0.1, -0.05) is 48.6 Å². The van der Waals surface area contributed by atoms with E-state index in [1.807, 2.05) is 4.90 Å². The van der Waals surface area contributed by atoms with Crippen molar-refractivity contribution in [2.45, 2.75) is 39.5 Å². The summed E-state index contributed by atoms with van der Waals surface area (Å²) < 4.78 is 0.692. The minimum atomic E-state index is 0.296. The maximum atomic E-state index is 12.2. The van der Waals surface area contributed by atoms with Gasteiger partial charge in [0.1, 0.15) is 17.9 Å². The molecule has 1 aliphatic rings. The zero-order valence-corrected chi connectivity index (χ0v) is 18.7. The zero-order chi connectivity index (χ0) is 21.4. The van der Waals surface area contributed by atoms with E-state index in [-0.39, 0.29) is 0 Å². The fourth-order valence-electron chi connectivity index (χ4n) is 4.16. The Hall–Kier alpha value is -2.65. The zero-order valence-electron chi connectivity index (χ0n) is 18.7. The molecule has 0 aliphatic carbocycles. The maximum absolute atomic E-state index is 12.2. The maximum Gasteiger partial charge on any atom is 0.222 e. The summed E-state index contributed by atoms with van der Waals surface area (Å²) in [6, 6.07) is 17.8. The standard InChI is InChI=1S/C27H35N2O/c1-4-6-11-23-13-8-15-25(21-23)29(3,20-19-28-18-10-17-27(28)30)26-16-9-14-24(22-26)12-7-5-2/h4-9,13-16,21-22H,10-12,17-20H2,1-3H3/q+1. The van der Waals surface area contributed by atoms with Gasteiger partial charge in [0.05, 0.1) is 13.6 Å². The minimum Gasteiger partial charge on any atom is -0.337 e. The van der Waals surface area contributed by atoms with E-state index in [9.17, 15) is 4.79 Å². The van der Waals surface area contributed by atoms with E-state index in [1.54, 1.807) is 0 Å². The number of likely N-dealkylation sites (N-methyl/N-ethyl adjacent to an activating group) is 1. The van der Waals surface area contributed by atoms with Crippen molar-refractivity contribution in [2.24, 2.45) is 0 Å². The molecule has 0 bridgehead atoms. The first-order valence-corrected chi connectivity index (χ1v) is 11.1. The average molecular weight is 404 g/mol. The van der Waals surface area contributed by atoms with Gasteiger partial charge in [0.15, 0.2) is 0 Å². The van der Waals surface area contributed by atoms with Crippen molar-refractivity contribution in [1.29, 1.82) is 0 Å². The molecule has 0 atom stereocenters. The third-order valence-electron chi connectivity index (χ3n) is 6.13. The third-order valence-corrected chi connectivity index (χ3v) is 6.13. The van der Waals surface area contributed by atoms with Crippen LogP contribution >= 0.6 is 0 Å². The fraction of sp³-hybridized carbons (Fsp3) is 0.370. The first-order chi connectivity index (χ1) is 14.6. The second kappa shape index (κ2) is 10.4. The third kappa shape index (κ3) is 5.28. The first kappa shape index (κ1) is 22.0. The van der Waals surface area contributed by atoms with Gasteiger partial charge in [-0.15, -0.1) is 0 Å². The number of hydrogen-bond acceptors (Lipinski definition) is 1. The van der Waals surface area contributed by atoms with Gasteiger partial charge < -0.3 is 4.90 Å². The van der Waals surface area contributed by atoms with E-state index >= 15 is 0 Å². The molecule has 3 rings (SSSR count). The number of quaternary nitrogens is 1. The summed E-state index contributed by atoms with van der Waals surface area (Å²) in [4.78, 5) is 14.2. The Morgan fingerprint density at radius 3 is 1.97 bits per heavy atom. The number of rotatable bonds is 9. The van der Waals surface area contributed by atoms with Gasteiger partial charge in [0, 0.05) is 25.1 Å². The lowest BCUT2D eigenvalue weighted by Gasteiger charge is -2.35. The Bertz CT molecular complexity index is 855. The van der Waals surface area contributed by atoms with E-state index in [1.165, 1.54) is 22.5 Å². The molecule has 0 radical (unpaired) electrons. The topological polar surface area (TPSA) is 20.3 Å². The first-order valence-electron chi connectivity index (χ1n) is 11.1. The number of allylic oxidation sites excluding steroid dienone is 4. The van der Waals surface area contributed by atoms with Crippen LogP contribution in [0.5, 0.6) is 0 Å². The van der Waals surface area contributed by atoms with Gasteiger partial charge in [-0.2, -0.15) is 0 Å². The van der Waals surface area contributed by atoms with Crippen molar-refractivity contribution in [3.05, 3.63) is 84.0 Å². The number of carbonyl (C=O) groups is 1. The van der Waals surface area contributed by atoms with E-state index in [4.69, 9.17) is 0 Å². The number of amides is 1. The van der Waals surface area contributed by atoms with Gasteiger partial charge in [-0.3, -0.25) is 9.28 Å². The lowest BCUT2D eigenvalue weighted by atomic mass is 10.1. The van der Waals surface area contributed by atoms with Crippen LogP contribution in [0.3, 0.4) is 0 Å².